The Morgan fingerprint density at radius 1 is 1.90 bits per heavy atom. The van der Waals surface area contributed by atoms with Gasteiger partial charge in [-0.1, -0.05) is 0 Å². The predicted octanol–water partition coefficient (Wildman–Crippen LogP) is 0.640. The Morgan fingerprint density at radius 3 is 3.20 bits per heavy atom. The number of carbonyl (C=O) groups excluding carboxylic acids is 1. The molecule has 1 aliphatic heterocycles. The second-order valence-electron chi connectivity index (χ2n) is 2.38. The third-order valence-electron chi connectivity index (χ3n) is 1.60. The largest absolute Gasteiger partial charge is 0.469 e. The van der Waals surface area contributed by atoms with E-state index in [0.29, 0.717) is 12.3 Å². The Hall–Kier alpha value is -0.860. The van der Waals surface area contributed by atoms with E-state index in [-0.39, 0.29) is 5.97 Å². The number of nitrogens with zero attached hydrogens (tertiary/aromatic N) is 1. The van der Waals surface area contributed by atoms with Crippen LogP contribution in [0.3, 0.4) is 0 Å². The SMILES string of the molecule is COC(=O)CC1C=NCC1. The Balaban J connectivity index is 2.24. The molecule has 0 N–H and O–H groups in total. The van der Waals surface area contributed by atoms with Crippen molar-refractivity contribution in [3.63, 3.8) is 0 Å². The molecule has 0 fully saturated rings. The molecule has 0 amide bonds. The summed E-state index contributed by atoms with van der Waals surface area (Å²) >= 11 is 0. The third-order valence-corrected chi connectivity index (χ3v) is 1.60. The molecule has 1 unspecified atom stereocenters. The van der Waals surface area contributed by atoms with Crippen molar-refractivity contribution < 1.29 is 9.53 Å². The number of esters is 1. The summed E-state index contributed by atoms with van der Waals surface area (Å²) in [5.74, 6) is 0.186. The molecule has 56 valence electrons. The zero-order valence-corrected chi connectivity index (χ0v) is 6.04. The van der Waals surface area contributed by atoms with E-state index in [4.69, 9.17) is 0 Å². The molecule has 0 aromatic rings. The molecule has 0 aromatic heterocycles. The zero-order chi connectivity index (χ0) is 7.40. The van der Waals surface area contributed by atoms with E-state index in [1.807, 2.05) is 6.21 Å². The fourth-order valence-electron chi connectivity index (χ4n) is 0.991. The third kappa shape index (κ3) is 1.83. The van der Waals surface area contributed by atoms with Crippen molar-refractivity contribution in [1.29, 1.82) is 0 Å². The minimum absolute atomic E-state index is 0.140. The van der Waals surface area contributed by atoms with Crippen LogP contribution in [-0.2, 0) is 9.53 Å². The van der Waals surface area contributed by atoms with E-state index in [1.54, 1.807) is 0 Å². The van der Waals surface area contributed by atoms with E-state index in [9.17, 15) is 4.79 Å². The molecule has 0 saturated heterocycles. The lowest BCUT2D eigenvalue weighted by molar-refractivity contribution is -0.141. The van der Waals surface area contributed by atoms with Gasteiger partial charge < -0.3 is 4.74 Å². The summed E-state index contributed by atoms with van der Waals surface area (Å²) in [6, 6.07) is 0. The Bertz CT molecular complexity index is 154. The molecule has 1 rings (SSSR count). The van der Waals surface area contributed by atoms with Crippen LogP contribution >= 0.6 is 0 Å². The first-order chi connectivity index (χ1) is 4.83. The molecule has 0 aliphatic carbocycles. The standard InChI is InChI=1S/C7H11NO2/c1-10-7(9)4-6-2-3-8-5-6/h5-6H,2-4H2,1H3. The summed E-state index contributed by atoms with van der Waals surface area (Å²) in [5, 5.41) is 0. The van der Waals surface area contributed by atoms with Crippen molar-refractivity contribution in [2.75, 3.05) is 13.7 Å². The van der Waals surface area contributed by atoms with Crippen molar-refractivity contribution in [3.8, 4) is 0 Å². The molecule has 0 saturated carbocycles. The molecule has 10 heavy (non-hydrogen) atoms. The smallest absolute Gasteiger partial charge is 0.306 e. The second kappa shape index (κ2) is 3.34. The summed E-state index contributed by atoms with van der Waals surface area (Å²) in [6.07, 6.45) is 3.33. The highest BCUT2D eigenvalue weighted by atomic mass is 16.5. The maximum atomic E-state index is 10.7. The first-order valence-electron chi connectivity index (χ1n) is 3.39. The highest BCUT2D eigenvalue weighted by Crippen LogP contribution is 2.11. The molecule has 1 heterocycles. The van der Waals surface area contributed by atoms with Crippen LogP contribution in [0.1, 0.15) is 12.8 Å². The molecule has 1 aliphatic rings. The number of aliphatic imine (C=N–C) groups is 1. The van der Waals surface area contributed by atoms with Crippen LogP contribution in [0.5, 0.6) is 0 Å². The van der Waals surface area contributed by atoms with Crippen molar-refractivity contribution >= 4 is 12.2 Å². The lowest BCUT2D eigenvalue weighted by atomic mass is 10.1. The minimum Gasteiger partial charge on any atom is -0.469 e. The lowest BCUT2D eigenvalue weighted by Gasteiger charge is -2.01. The maximum absolute atomic E-state index is 10.7. The molecule has 3 nitrogen and oxygen atoms in total. The first-order valence-corrected chi connectivity index (χ1v) is 3.39. The lowest BCUT2D eigenvalue weighted by Crippen LogP contribution is -2.08. The highest BCUT2D eigenvalue weighted by Gasteiger charge is 2.14. The van der Waals surface area contributed by atoms with Gasteiger partial charge in [-0.2, -0.15) is 0 Å². The summed E-state index contributed by atoms with van der Waals surface area (Å²) < 4.78 is 4.51. The first kappa shape index (κ1) is 7.25. The molecule has 0 bridgehead atoms. The predicted molar refractivity (Wildman–Crippen MR) is 38.1 cm³/mol. The number of methoxy groups -OCH3 is 1. The Kier molecular flexibility index (Phi) is 2.42. The quantitative estimate of drug-likeness (QED) is 0.529. The number of rotatable bonds is 2. The van der Waals surface area contributed by atoms with Crippen molar-refractivity contribution in [2.45, 2.75) is 12.8 Å². The Morgan fingerprint density at radius 2 is 2.70 bits per heavy atom. The number of hydrogen-bond donors (Lipinski definition) is 0. The number of ether oxygens (including phenoxy) is 1. The van der Waals surface area contributed by atoms with Gasteiger partial charge in [-0.15, -0.1) is 0 Å². The van der Waals surface area contributed by atoms with Crippen LogP contribution in [0.25, 0.3) is 0 Å². The van der Waals surface area contributed by atoms with E-state index in [1.165, 1.54) is 7.11 Å². The highest BCUT2D eigenvalue weighted by molar-refractivity contribution is 5.75. The van der Waals surface area contributed by atoms with Crippen LogP contribution in [0.2, 0.25) is 0 Å². The van der Waals surface area contributed by atoms with Crippen molar-refractivity contribution in [3.05, 3.63) is 0 Å². The zero-order valence-electron chi connectivity index (χ0n) is 6.04. The van der Waals surface area contributed by atoms with Crippen molar-refractivity contribution in [2.24, 2.45) is 10.9 Å². The average molecular weight is 141 g/mol. The van der Waals surface area contributed by atoms with Gasteiger partial charge in [0.25, 0.3) is 0 Å². The summed E-state index contributed by atoms with van der Waals surface area (Å²) in [5.41, 5.74) is 0. The monoisotopic (exact) mass is 141 g/mol. The van der Waals surface area contributed by atoms with Crippen LogP contribution in [0.15, 0.2) is 4.99 Å². The van der Waals surface area contributed by atoms with Crippen molar-refractivity contribution in [1.82, 2.24) is 0 Å². The van der Waals surface area contributed by atoms with Gasteiger partial charge in [0.1, 0.15) is 0 Å². The van der Waals surface area contributed by atoms with Crippen LogP contribution in [0, 0.1) is 5.92 Å². The number of hydrogen-bond acceptors (Lipinski definition) is 3. The van der Waals surface area contributed by atoms with E-state index >= 15 is 0 Å². The van der Waals surface area contributed by atoms with Gasteiger partial charge in [0.05, 0.1) is 13.5 Å². The van der Waals surface area contributed by atoms with Gasteiger partial charge in [-0.25, -0.2) is 0 Å². The van der Waals surface area contributed by atoms with E-state index in [0.717, 1.165) is 13.0 Å². The molecule has 0 spiro atoms. The molecule has 3 heteroatoms. The molecule has 0 radical (unpaired) electrons. The van der Waals surface area contributed by atoms with Gasteiger partial charge in [0, 0.05) is 18.7 Å². The molecule has 0 aromatic carbocycles. The van der Waals surface area contributed by atoms with Gasteiger partial charge >= 0.3 is 5.97 Å². The molecular formula is C7H11NO2. The topological polar surface area (TPSA) is 38.7 Å². The van der Waals surface area contributed by atoms with E-state index in [2.05, 4.69) is 9.73 Å². The fraction of sp³-hybridized carbons (Fsp3) is 0.714. The van der Waals surface area contributed by atoms with E-state index < -0.39 is 0 Å². The van der Waals surface area contributed by atoms with Crippen LogP contribution in [-0.4, -0.2) is 25.8 Å². The minimum atomic E-state index is -0.140. The average Bonchev–Trinajstić information content (AvgIpc) is 2.40. The summed E-state index contributed by atoms with van der Waals surface area (Å²) in [7, 11) is 1.41. The van der Waals surface area contributed by atoms with Gasteiger partial charge in [-0.3, -0.25) is 9.79 Å². The Labute approximate surface area is 60.1 Å². The summed E-state index contributed by atoms with van der Waals surface area (Å²) in [6.45, 7) is 0.863. The van der Waals surface area contributed by atoms with Crippen LogP contribution in [0.4, 0.5) is 0 Å². The second-order valence-corrected chi connectivity index (χ2v) is 2.38. The van der Waals surface area contributed by atoms with Gasteiger partial charge in [0.15, 0.2) is 0 Å². The molecular weight excluding hydrogens is 130 g/mol. The fourth-order valence-corrected chi connectivity index (χ4v) is 0.991. The normalized spacial score (nSPS) is 23.1. The number of carbonyl (C=O) groups is 1. The summed E-state index contributed by atoms with van der Waals surface area (Å²) in [4.78, 5) is 14.7. The maximum Gasteiger partial charge on any atom is 0.306 e. The van der Waals surface area contributed by atoms with Gasteiger partial charge in [0.2, 0.25) is 0 Å². The molecule has 1 atom stereocenters. The van der Waals surface area contributed by atoms with Crippen LogP contribution < -0.4 is 0 Å². The van der Waals surface area contributed by atoms with Gasteiger partial charge in [-0.05, 0) is 6.42 Å².